The molecule has 2 amide bonds. The lowest BCUT2D eigenvalue weighted by Gasteiger charge is -2.15. The van der Waals surface area contributed by atoms with Gasteiger partial charge in [-0.1, -0.05) is 42.5 Å². The van der Waals surface area contributed by atoms with Gasteiger partial charge in [-0.15, -0.1) is 0 Å². The number of amides is 2. The molecular formula is C18H17N3O2. The number of primary amides is 1. The van der Waals surface area contributed by atoms with E-state index in [9.17, 15) is 9.59 Å². The molecule has 0 aliphatic carbocycles. The molecule has 5 nitrogen and oxygen atoms in total. The molecule has 116 valence electrons. The number of hydrogen-bond donors (Lipinski definition) is 2. The molecule has 0 radical (unpaired) electrons. The van der Waals surface area contributed by atoms with Gasteiger partial charge in [-0.2, -0.15) is 5.26 Å². The second-order valence-corrected chi connectivity index (χ2v) is 5.20. The Morgan fingerprint density at radius 1 is 1.04 bits per heavy atom. The fourth-order valence-corrected chi connectivity index (χ4v) is 2.20. The molecule has 0 bridgehead atoms. The monoisotopic (exact) mass is 307 g/mol. The zero-order valence-corrected chi connectivity index (χ0v) is 12.5. The molecule has 0 saturated heterocycles. The highest BCUT2D eigenvalue weighted by molar-refractivity contribution is 5.87. The van der Waals surface area contributed by atoms with Gasteiger partial charge in [0.1, 0.15) is 6.04 Å². The zero-order valence-electron chi connectivity index (χ0n) is 12.5. The summed E-state index contributed by atoms with van der Waals surface area (Å²) >= 11 is 0. The summed E-state index contributed by atoms with van der Waals surface area (Å²) in [5, 5.41) is 11.4. The van der Waals surface area contributed by atoms with Crippen molar-refractivity contribution < 1.29 is 9.59 Å². The van der Waals surface area contributed by atoms with Crippen molar-refractivity contribution in [3.63, 3.8) is 0 Å². The smallest absolute Gasteiger partial charge is 0.240 e. The average Bonchev–Trinajstić information content (AvgIpc) is 2.55. The number of nitrogens with two attached hydrogens (primary N) is 1. The maximum absolute atomic E-state index is 12.1. The molecule has 23 heavy (non-hydrogen) atoms. The molecule has 0 aliphatic heterocycles. The van der Waals surface area contributed by atoms with Crippen LogP contribution in [0.2, 0.25) is 0 Å². The number of carbonyl (C=O) groups excluding carboxylic acids is 2. The molecule has 0 aliphatic rings. The largest absolute Gasteiger partial charge is 0.368 e. The fraction of sp³-hybridized carbons (Fsp3) is 0.167. The highest BCUT2D eigenvalue weighted by Crippen LogP contribution is 2.07. The van der Waals surface area contributed by atoms with Crippen LogP contribution in [-0.2, 0) is 22.4 Å². The van der Waals surface area contributed by atoms with Gasteiger partial charge in [0.25, 0.3) is 0 Å². The van der Waals surface area contributed by atoms with Gasteiger partial charge in [0, 0.05) is 6.42 Å². The first-order chi connectivity index (χ1) is 11.1. The van der Waals surface area contributed by atoms with Crippen molar-refractivity contribution in [1.82, 2.24) is 5.32 Å². The molecule has 1 atom stereocenters. The Labute approximate surface area is 134 Å². The zero-order chi connectivity index (χ0) is 16.7. The van der Waals surface area contributed by atoms with E-state index in [0.29, 0.717) is 12.0 Å². The second-order valence-electron chi connectivity index (χ2n) is 5.20. The number of benzene rings is 2. The van der Waals surface area contributed by atoms with Gasteiger partial charge >= 0.3 is 0 Å². The SMILES string of the molecule is N#Cc1ccc(C[C@H](NC(=O)Cc2ccccc2)C(N)=O)cc1. The van der Waals surface area contributed by atoms with Crippen molar-refractivity contribution in [2.24, 2.45) is 5.73 Å². The third kappa shape index (κ3) is 4.97. The van der Waals surface area contributed by atoms with E-state index < -0.39 is 11.9 Å². The molecule has 5 heteroatoms. The predicted octanol–water partition coefficient (Wildman–Crippen LogP) is 1.31. The van der Waals surface area contributed by atoms with Crippen molar-refractivity contribution >= 4 is 11.8 Å². The van der Waals surface area contributed by atoms with Crippen LogP contribution in [0.25, 0.3) is 0 Å². The summed E-state index contributed by atoms with van der Waals surface area (Å²) in [6, 6.07) is 17.3. The summed E-state index contributed by atoms with van der Waals surface area (Å²) in [4.78, 5) is 23.6. The molecule has 2 aromatic carbocycles. The first kappa shape index (κ1) is 16.2. The van der Waals surface area contributed by atoms with Crippen molar-refractivity contribution in [2.75, 3.05) is 0 Å². The van der Waals surface area contributed by atoms with E-state index in [-0.39, 0.29) is 12.3 Å². The number of rotatable bonds is 6. The minimum absolute atomic E-state index is 0.192. The van der Waals surface area contributed by atoms with E-state index in [0.717, 1.165) is 11.1 Å². The predicted molar refractivity (Wildman–Crippen MR) is 86.1 cm³/mol. The van der Waals surface area contributed by atoms with E-state index in [1.54, 1.807) is 24.3 Å². The Morgan fingerprint density at radius 3 is 2.26 bits per heavy atom. The molecule has 0 aromatic heterocycles. The van der Waals surface area contributed by atoms with Crippen LogP contribution in [0.4, 0.5) is 0 Å². The summed E-state index contributed by atoms with van der Waals surface area (Å²) in [6.45, 7) is 0. The minimum Gasteiger partial charge on any atom is -0.368 e. The van der Waals surface area contributed by atoms with Gasteiger partial charge in [-0.3, -0.25) is 9.59 Å². The third-order valence-corrected chi connectivity index (χ3v) is 3.41. The number of nitrogens with one attached hydrogen (secondary N) is 1. The maximum Gasteiger partial charge on any atom is 0.240 e. The summed E-state index contributed by atoms with van der Waals surface area (Å²) in [7, 11) is 0. The number of nitrogens with zero attached hydrogens (tertiary/aromatic N) is 1. The van der Waals surface area contributed by atoms with Gasteiger partial charge in [-0.25, -0.2) is 0 Å². The quantitative estimate of drug-likeness (QED) is 0.842. The van der Waals surface area contributed by atoms with Crippen LogP contribution in [0.3, 0.4) is 0 Å². The van der Waals surface area contributed by atoms with Gasteiger partial charge in [0.05, 0.1) is 18.1 Å². The van der Waals surface area contributed by atoms with E-state index in [2.05, 4.69) is 5.32 Å². The molecule has 0 saturated carbocycles. The van der Waals surface area contributed by atoms with E-state index in [1.165, 1.54) is 0 Å². The lowest BCUT2D eigenvalue weighted by atomic mass is 10.0. The van der Waals surface area contributed by atoms with Crippen LogP contribution in [0.5, 0.6) is 0 Å². The Morgan fingerprint density at radius 2 is 1.70 bits per heavy atom. The molecule has 0 unspecified atom stereocenters. The summed E-state index contributed by atoms with van der Waals surface area (Å²) < 4.78 is 0. The van der Waals surface area contributed by atoms with Crippen LogP contribution >= 0.6 is 0 Å². The van der Waals surface area contributed by atoms with Crippen LogP contribution < -0.4 is 11.1 Å². The van der Waals surface area contributed by atoms with Gasteiger partial charge in [0.15, 0.2) is 0 Å². The molecule has 3 N–H and O–H groups in total. The van der Waals surface area contributed by atoms with Gasteiger partial charge < -0.3 is 11.1 Å². The Kier molecular flexibility index (Phi) is 5.48. The highest BCUT2D eigenvalue weighted by atomic mass is 16.2. The number of nitriles is 1. The summed E-state index contributed by atoms with van der Waals surface area (Å²) in [5.41, 5.74) is 7.61. The maximum atomic E-state index is 12.1. The van der Waals surface area contributed by atoms with Crippen LogP contribution in [0.1, 0.15) is 16.7 Å². The Balaban J connectivity index is 1.99. The van der Waals surface area contributed by atoms with E-state index in [1.807, 2.05) is 36.4 Å². The topological polar surface area (TPSA) is 96.0 Å². The Bertz CT molecular complexity index is 718. The van der Waals surface area contributed by atoms with Crippen LogP contribution in [0.15, 0.2) is 54.6 Å². The lowest BCUT2D eigenvalue weighted by Crippen LogP contribution is -2.46. The van der Waals surface area contributed by atoms with Crippen molar-refractivity contribution in [2.45, 2.75) is 18.9 Å². The molecular weight excluding hydrogens is 290 g/mol. The van der Waals surface area contributed by atoms with Gasteiger partial charge in [-0.05, 0) is 23.3 Å². The van der Waals surface area contributed by atoms with E-state index >= 15 is 0 Å². The second kappa shape index (κ2) is 7.76. The molecule has 0 heterocycles. The molecule has 2 rings (SSSR count). The standard InChI is InChI=1S/C18H17N3O2/c19-12-15-8-6-14(7-9-15)10-16(18(20)23)21-17(22)11-13-4-2-1-3-5-13/h1-9,16H,10-11H2,(H2,20,23)(H,21,22)/t16-/m0/s1. The first-order valence-electron chi connectivity index (χ1n) is 7.20. The summed E-state index contributed by atoms with van der Waals surface area (Å²) in [5.74, 6) is -0.843. The normalized spacial score (nSPS) is 11.3. The minimum atomic E-state index is -0.779. The molecule has 2 aromatic rings. The first-order valence-corrected chi connectivity index (χ1v) is 7.20. The van der Waals surface area contributed by atoms with Gasteiger partial charge in [0.2, 0.25) is 11.8 Å². The molecule has 0 spiro atoms. The lowest BCUT2D eigenvalue weighted by molar-refractivity contribution is -0.127. The average molecular weight is 307 g/mol. The highest BCUT2D eigenvalue weighted by Gasteiger charge is 2.18. The number of hydrogen-bond acceptors (Lipinski definition) is 3. The van der Waals surface area contributed by atoms with Crippen molar-refractivity contribution in [3.05, 3.63) is 71.3 Å². The Hall–Kier alpha value is -3.13. The number of carbonyl (C=O) groups is 2. The summed E-state index contributed by atoms with van der Waals surface area (Å²) in [6.07, 6.45) is 0.486. The van der Waals surface area contributed by atoms with Crippen LogP contribution in [0, 0.1) is 11.3 Å². The van der Waals surface area contributed by atoms with Crippen LogP contribution in [-0.4, -0.2) is 17.9 Å². The third-order valence-electron chi connectivity index (χ3n) is 3.41. The van der Waals surface area contributed by atoms with Crippen molar-refractivity contribution in [3.8, 4) is 6.07 Å². The molecule has 0 fully saturated rings. The fourth-order valence-electron chi connectivity index (χ4n) is 2.20. The van der Waals surface area contributed by atoms with Crippen molar-refractivity contribution in [1.29, 1.82) is 5.26 Å². The van der Waals surface area contributed by atoms with E-state index in [4.69, 9.17) is 11.0 Å².